The van der Waals surface area contributed by atoms with Gasteiger partial charge in [-0.15, -0.1) is 0 Å². The van der Waals surface area contributed by atoms with Crippen molar-refractivity contribution in [3.05, 3.63) is 134 Å². The van der Waals surface area contributed by atoms with E-state index in [1.165, 1.54) is 37.8 Å². The minimum atomic E-state index is 0.673. The Kier molecular flexibility index (Phi) is 4.30. The number of aromatic nitrogens is 4. The summed E-state index contributed by atoms with van der Waals surface area (Å²) in [5.74, 6) is 0.673. The van der Waals surface area contributed by atoms with Crippen molar-refractivity contribution in [2.24, 2.45) is 0 Å². The lowest BCUT2D eigenvalue weighted by atomic mass is 10.0. The Bertz CT molecular complexity index is 2430. The average molecular weight is 511 g/mol. The molecule has 0 radical (unpaired) electrons. The van der Waals surface area contributed by atoms with Gasteiger partial charge in [-0.1, -0.05) is 103 Å². The van der Waals surface area contributed by atoms with Crippen molar-refractivity contribution in [2.45, 2.75) is 0 Å². The maximum absolute atomic E-state index is 5.07. The Labute approximate surface area is 229 Å². The highest BCUT2D eigenvalue weighted by molar-refractivity contribution is 6.26. The Morgan fingerprint density at radius 2 is 1.05 bits per heavy atom. The van der Waals surface area contributed by atoms with Gasteiger partial charge in [0.2, 0.25) is 5.95 Å². The van der Waals surface area contributed by atoms with Crippen LogP contribution in [-0.2, 0) is 0 Å². The third-order valence-corrected chi connectivity index (χ3v) is 8.14. The van der Waals surface area contributed by atoms with Crippen LogP contribution < -0.4 is 0 Å². The molecule has 9 aromatic rings. The fourth-order valence-electron chi connectivity index (χ4n) is 6.42. The van der Waals surface area contributed by atoms with Gasteiger partial charge < -0.3 is 4.57 Å². The third-order valence-electron chi connectivity index (χ3n) is 8.14. The molecule has 9 rings (SSSR count). The molecule has 0 aliphatic heterocycles. The molecule has 3 aromatic heterocycles. The van der Waals surface area contributed by atoms with Gasteiger partial charge in [-0.2, -0.15) is 0 Å². The molecule has 0 fully saturated rings. The highest BCUT2D eigenvalue weighted by Gasteiger charge is 2.23. The van der Waals surface area contributed by atoms with E-state index in [0.717, 1.165) is 33.1 Å². The Hall–Kier alpha value is -5.48. The van der Waals surface area contributed by atoms with Crippen molar-refractivity contribution in [2.75, 3.05) is 0 Å². The zero-order valence-corrected chi connectivity index (χ0v) is 21.5. The minimum Gasteiger partial charge on any atom is -0.307 e. The maximum atomic E-state index is 5.07. The lowest BCUT2D eigenvalue weighted by molar-refractivity contribution is 1.01. The van der Waals surface area contributed by atoms with E-state index < -0.39 is 0 Å². The van der Waals surface area contributed by atoms with Crippen molar-refractivity contribution in [3.63, 3.8) is 0 Å². The second kappa shape index (κ2) is 8.01. The fraction of sp³-hybridized carbons (Fsp3) is 0. The molecule has 4 heteroatoms. The second-order valence-corrected chi connectivity index (χ2v) is 10.3. The largest absolute Gasteiger partial charge is 0.307 e. The quantitative estimate of drug-likeness (QED) is 0.233. The van der Waals surface area contributed by atoms with Crippen LogP contribution in [-0.4, -0.2) is 19.1 Å². The van der Waals surface area contributed by atoms with Crippen LogP contribution in [0.3, 0.4) is 0 Å². The molecule has 0 spiro atoms. The topological polar surface area (TPSA) is 35.6 Å². The van der Waals surface area contributed by atoms with Crippen LogP contribution in [0.5, 0.6) is 0 Å². The molecule has 186 valence electrons. The van der Waals surface area contributed by atoms with Gasteiger partial charge in [0.1, 0.15) is 0 Å². The molecular formula is C36H22N4. The molecule has 4 nitrogen and oxygen atoms in total. The molecule has 40 heavy (non-hydrogen) atoms. The van der Waals surface area contributed by atoms with E-state index in [1.807, 2.05) is 18.3 Å². The number of rotatable bonds is 2. The van der Waals surface area contributed by atoms with Crippen molar-refractivity contribution in [3.8, 4) is 11.6 Å². The van der Waals surface area contributed by atoms with Gasteiger partial charge in [0, 0.05) is 44.2 Å². The number of fused-ring (bicyclic) bond motifs is 10. The predicted octanol–water partition coefficient (Wildman–Crippen LogP) is 8.98. The van der Waals surface area contributed by atoms with E-state index in [1.54, 1.807) is 0 Å². The van der Waals surface area contributed by atoms with E-state index in [2.05, 4.69) is 124 Å². The molecule has 6 aromatic carbocycles. The summed E-state index contributed by atoms with van der Waals surface area (Å²) in [6.07, 6.45) is 1.93. The highest BCUT2D eigenvalue weighted by atomic mass is 15.2. The van der Waals surface area contributed by atoms with Gasteiger partial charge in [-0.3, -0.25) is 4.57 Å². The van der Waals surface area contributed by atoms with E-state index in [4.69, 9.17) is 9.97 Å². The normalized spacial score (nSPS) is 12.0. The number of hydrogen-bond donors (Lipinski definition) is 0. The van der Waals surface area contributed by atoms with Gasteiger partial charge in [0.25, 0.3) is 0 Å². The smallest absolute Gasteiger partial charge is 0.235 e. The van der Waals surface area contributed by atoms with Crippen molar-refractivity contribution < 1.29 is 0 Å². The van der Waals surface area contributed by atoms with E-state index in [-0.39, 0.29) is 0 Å². The van der Waals surface area contributed by atoms with Crippen LogP contribution in [0.2, 0.25) is 0 Å². The molecule has 0 N–H and O–H groups in total. The maximum Gasteiger partial charge on any atom is 0.235 e. The van der Waals surface area contributed by atoms with Gasteiger partial charge in [-0.05, 0) is 29.7 Å². The lowest BCUT2D eigenvalue weighted by Gasteiger charge is -2.12. The van der Waals surface area contributed by atoms with E-state index in [9.17, 15) is 0 Å². The van der Waals surface area contributed by atoms with Crippen LogP contribution in [0.1, 0.15) is 0 Å². The summed E-state index contributed by atoms with van der Waals surface area (Å²) in [4.78, 5) is 9.98. The predicted molar refractivity (Wildman–Crippen MR) is 166 cm³/mol. The first-order chi connectivity index (χ1) is 19.9. The lowest BCUT2D eigenvalue weighted by Crippen LogP contribution is -2.03. The molecule has 0 amide bonds. The standard InChI is InChI=1S/C36H22N4/c1-2-12-25(13-3-1)39-33-26-14-6-4-10-23(26)18-19-29(33)30-21-20-28-27-15-7-9-17-32(27)40(35(28)34(30)39)36-37-22-24-11-5-8-16-31(24)38-36/h1-22H. The SMILES string of the molecule is c1ccc(-n2c3c4ccccc4ccc3c3ccc4c5ccccc5n(-c5ncc6ccccc6n5)c4c32)cc1. The van der Waals surface area contributed by atoms with Crippen LogP contribution in [0, 0.1) is 0 Å². The zero-order valence-electron chi connectivity index (χ0n) is 21.5. The summed E-state index contributed by atoms with van der Waals surface area (Å²) >= 11 is 0. The molecule has 3 heterocycles. The Morgan fingerprint density at radius 3 is 1.93 bits per heavy atom. The minimum absolute atomic E-state index is 0.673. The molecule has 0 saturated heterocycles. The monoisotopic (exact) mass is 510 g/mol. The zero-order chi connectivity index (χ0) is 26.2. The molecule has 0 atom stereocenters. The van der Waals surface area contributed by atoms with Crippen LogP contribution in [0.25, 0.3) is 76.9 Å². The summed E-state index contributed by atoms with van der Waals surface area (Å²) in [5.41, 5.74) is 6.63. The van der Waals surface area contributed by atoms with E-state index >= 15 is 0 Å². The Balaban J connectivity index is 1.57. The van der Waals surface area contributed by atoms with Crippen molar-refractivity contribution in [1.29, 1.82) is 0 Å². The number of nitrogens with zero attached hydrogens (tertiary/aromatic N) is 4. The highest BCUT2D eigenvalue weighted by Crippen LogP contribution is 2.43. The summed E-state index contributed by atoms with van der Waals surface area (Å²) in [6.45, 7) is 0. The van der Waals surface area contributed by atoms with Crippen molar-refractivity contribution in [1.82, 2.24) is 19.1 Å². The fourth-order valence-corrected chi connectivity index (χ4v) is 6.42. The van der Waals surface area contributed by atoms with Gasteiger partial charge in [0.15, 0.2) is 0 Å². The molecular weight excluding hydrogens is 488 g/mol. The Morgan fingerprint density at radius 1 is 0.425 bits per heavy atom. The first kappa shape index (κ1) is 21.5. The van der Waals surface area contributed by atoms with Crippen molar-refractivity contribution >= 4 is 65.3 Å². The van der Waals surface area contributed by atoms with E-state index in [0.29, 0.717) is 5.95 Å². The van der Waals surface area contributed by atoms with Gasteiger partial charge in [-0.25, -0.2) is 9.97 Å². The summed E-state index contributed by atoms with van der Waals surface area (Å²) in [5, 5.41) is 8.30. The number of hydrogen-bond acceptors (Lipinski definition) is 2. The first-order valence-corrected chi connectivity index (χ1v) is 13.5. The second-order valence-electron chi connectivity index (χ2n) is 10.3. The summed E-state index contributed by atoms with van der Waals surface area (Å²) in [6, 6.07) is 45.1. The molecule has 0 unspecified atom stereocenters. The summed E-state index contributed by atoms with van der Waals surface area (Å²) < 4.78 is 4.69. The first-order valence-electron chi connectivity index (χ1n) is 13.5. The van der Waals surface area contributed by atoms with Crippen LogP contribution >= 0.6 is 0 Å². The third kappa shape index (κ3) is 2.85. The number of para-hydroxylation sites is 3. The summed E-state index contributed by atoms with van der Waals surface area (Å²) in [7, 11) is 0. The molecule has 0 saturated carbocycles. The molecule has 0 aliphatic rings. The van der Waals surface area contributed by atoms with Gasteiger partial charge >= 0.3 is 0 Å². The average Bonchev–Trinajstić information content (AvgIpc) is 3.55. The number of benzene rings is 6. The van der Waals surface area contributed by atoms with Gasteiger partial charge in [0.05, 0.1) is 27.6 Å². The molecule has 0 bridgehead atoms. The van der Waals surface area contributed by atoms with Crippen LogP contribution in [0.4, 0.5) is 0 Å². The molecule has 0 aliphatic carbocycles. The van der Waals surface area contributed by atoms with Crippen LogP contribution in [0.15, 0.2) is 134 Å².